The Morgan fingerprint density at radius 2 is 2.14 bits per heavy atom. The number of thiophene rings is 1. The number of H-pyrrole nitrogens is 1. The number of aromatic amines is 1. The minimum Gasteiger partial charge on any atom is -0.321 e. The number of amides is 1. The lowest BCUT2D eigenvalue weighted by molar-refractivity contribution is 0.103. The molecule has 2 heterocycles. The predicted molar refractivity (Wildman–Crippen MR) is 84.1 cm³/mol. The minimum atomic E-state index is -0.386. The lowest BCUT2D eigenvalue weighted by Crippen LogP contribution is -2.12. The quantitative estimate of drug-likeness (QED) is 0.763. The molecule has 0 aliphatic rings. The number of hydrogen-bond acceptors (Lipinski definition) is 4. The van der Waals surface area contributed by atoms with Crippen molar-refractivity contribution in [3.63, 3.8) is 0 Å². The van der Waals surface area contributed by atoms with Crippen LogP contribution in [0.15, 0.2) is 29.3 Å². The molecular weight excluding hydrogens is 305 g/mol. The summed E-state index contributed by atoms with van der Waals surface area (Å²) in [5.41, 5.74) is 1.16. The number of anilines is 1. The molecule has 2 aromatic heterocycles. The average molecular weight is 317 g/mol. The second-order valence-corrected chi connectivity index (χ2v) is 5.89. The van der Waals surface area contributed by atoms with Gasteiger partial charge in [-0.15, -0.1) is 11.3 Å². The van der Waals surface area contributed by atoms with Gasteiger partial charge in [0.05, 0.1) is 16.6 Å². The normalized spacial score (nSPS) is 10.9. The van der Waals surface area contributed by atoms with Gasteiger partial charge in [0.1, 0.15) is 10.6 Å². The number of aromatic nitrogens is 2. The van der Waals surface area contributed by atoms with Gasteiger partial charge in [0, 0.05) is 5.69 Å². The SMILES string of the molecule is Cc1ccc(NC(=O)c2sc3nc[nH]c(=O)c3c2C)cc1F. The van der Waals surface area contributed by atoms with Crippen LogP contribution in [0, 0.1) is 19.7 Å². The van der Waals surface area contributed by atoms with Crippen molar-refractivity contribution >= 4 is 33.1 Å². The van der Waals surface area contributed by atoms with Crippen molar-refractivity contribution < 1.29 is 9.18 Å². The Morgan fingerprint density at radius 1 is 1.36 bits per heavy atom. The van der Waals surface area contributed by atoms with Gasteiger partial charge in [-0.05, 0) is 37.1 Å². The summed E-state index contributed by atoms with van der Waals surface area (Å²) in [4.78, 5) is 31.6. The number of nitrogens with zero attached hydrogens (tertiary/aromatic N) is 1. The molecule has 0 aliphatic heterocycles. The molecule has 1 amide bonds. The zero-order chi connectivity index (χ0) is 15.9. The maximum atomic E-state index is 13.5. The van der Waals surface area contributed by atoms with E-state index in [0.717, 1.165) is 11.3 Å². The third kappa shape index (κ3) is 2.39. The van der Waals surface area contributed by atoms with Crippen LogP contribution >= 0.6 is 11.3 Å². The van der Waals surface area contributed by atoms with E-state index in [4.69, 9.17) is 0 Å². The van der Waals surface area contributed by atoms with E-state index in [1.165, 1.54) is 12.4 Å². The molecule has 7 heteroatoms. The first kappa shape index (κ1) is 14.4. The van der Waals surface area contributed by atoms with Crippen molar-refractivity contribution in [3.05, 3.63) is 56.7 Å². The topological polar surface area (TPSA) is 74.8 Å². The molecule has 0 radical (unpaired) electrons. The fourth-order valence-corrected chi connectivity index (χ4v) is 3.20. The van der Waals surface area contributed by atoms with Gasteiger partial charge in [0.25, 0.3) is 11.5 Å². The van der Waals surface area contributed by atoms with E-state index in [1.807, 2.05) is 0 Å². The van der Waals surface area contributed by atoms with Gasteiger partial charge in [-0.25, -0.2) is 9.37 Å². The van der Waals surface area contributed by atoms with E-state index in [9.17, 15) is 14.0 Å². The zero-order valence-electron chi connectivity index (χ0n) is 11.9. The van der Waals surface area contributed by atoms with Crippen LogP contribution in [-0.2, 0) is 0 Å². The van der Waals surface area contributed by atoms with E-state index >= 15 is 0 Å². The van der Waals surface area contributed by atoms with Crippen molar-refractivity contribution in [2.75, 3.05) is 5.32 Å². The lowest BCUT2D eigenvalue weighted by Gasteiger charge is -2.05. The summed E-state index contributed by atoms with van der Waals surface area (Å²) < 4.78 is 13.5. The number of halogens is 1. The lowest BCUT2D eigenvalue weighted by atomic mass is 10.2. The van der Waals surface area contributed by atoms with E-state index in [-0.39, 0.29) is 17.3 Å². The number of fused-ring (bicyclic) bond motifs is 1. The maximum Gasteiger partial charge on any atom is 0.266 e. The van der Waals surface area contributed by atoms with E-state index in [2.05, 4.69) is 15.3 Å². The third-order valence-corrected chi connectivity index (χ3v) is 4.57. The highest BCUT2D eigenvalue weighted by atomic mass is 32.1. The molecule has 2 N–H and O–H groups in total. The molecule has 3 rings (SSSR count). The molecule has 0 spiro atoms. The highest BCUT2D eigenvalue weighted by Crippen LogP contribution is 2.27. The predicted octanol–water partition coefficient (Wildman–Crippen LogP) is 2.99. The number of nitrogens with one attached hydrogen (secondary N) is 2. The van der Waals surface area contributed by atoms with Crippen molar-refractivity contribution in [2.45, 2.75) is 13.8 Å². The van der Waals surface area contributed by atoms with Gasteiger partial charge in [-0.1, -0.05) is 6.07 Å². The number of carbonyl (C=O) groups is 1. The van der Waals surface area contributed by atoms with Gasteiger partial charge in [-0.2, -0.15) is 0 Å². The molecule has 0 fully saturated rings. The van der Waals surface area contributed by atoms with Crippen molar-refractivity contribution in [2.24, 2.45) is 0 Å². The molecule has 0 atom stereocenters. The van der Waals surface area contributed by atoms with Crippen LogP contribution in [0.4, 0.5) is 10.1 Å². The first-order valence-electron chi connectivity index (χ1n) is 6.51. The largest absolute Gasteiger partial charge is 0.321 e. The fourth-order valence-electron chi connectivity index (χ4n) is 2.15. The summed E-state index contributed by atoms with van der Waals surface area (Å²) in [5, 5.41) is 3.05. The Morgan fingerprint density at radius 3 is 2.82 bits per heavy atom. The number of hydrogen-bond donors (Lipinski definition) is 2. The zero-order valence-corrected chi connectivity index (χ0v) is 12.7. The molecule has 3 aromatic rings. The van der Waals surface area contributed by atoms with E-state index in [1.54, 1.807) is 26.0 Å². The van der Waals surface area contributed by atoms with Gasteiger partial charge in [0.15, 0.2) is 0 Å². The average Bonchev–Trinajstić information content (AvgIpc) is 2.81. The summed E-state index contributed by atoms with van der Waals surface area (Å²) in [7, 11) is 0. The van der Waals surface area contributed by atoms with Crippen LogP contribution < -0.4 is 10.9 Å². The van der Waals surface area contributed by atoms with Gasteiger partial charge < -0.3 is 10.3 Å². The monoisotopic (exact) mass is 317 g/mol. The maximum absolute atomic E-state index is 13.5. The number of aryl methyl sites for hydroxylation is 2. The Hall–Kier alpha value is -2.54. The standard InChI is InChI=1S/C15H12FN3O2S/c1-7-3-4-9(5-10(7)16)19-14(21)12-8(2)11-13(20)17-6-18-15(11)22-12/h3-6H,1-2H3,(H,19,21)(H,17,18,20). The fraction of sp³-hybridized carbons (Fsp3) is 0.133. The van der Waals surface area contributed by atoms with Crippen molar-refractivity contribution in [1.29, 1.82) is 0 Å². The third-order valence-electron chi connectivity index (χ3n) is 3.37. The first-order chi connectivity index (χ1) is 10.5. The van der Waals surface area contributed by atoms with Gasteiger partial charge in [-0.3, -0.25) is 9.59 Å². The highest BCUT2D eigenvalue weighted by Gasteiger charge is 2.18. The molecule has 0 saturated carbocycles. The van der Waals surface area contributed by atoms with Gasteiger partial charge >= 0.3 is 0 Å². The van der Waals surface area contributed by atoms with Crippen molar-refractivity contribution in [3.8, 4) is 0 Å². The van der Waals surface area contributed by atoms with Crippen LogP contribution in [0.3, 0.4) is 0 Å². The van der Waals surface area contributed by atoms with Crippen LogP contribution in [0.5, 0.6) is 0 Å². The number of rotatable bonds is 2. The summed E-state index contributed by atoms with van der Waals surface area (Å²) in [6.07, 6.45) is 1.30. The Labute approximate surface area is 128 Å². The first-order valence-corrected chi connectivity index (χ1v) is 7.33. The Balaban J connectivity index is 1.99. The molecule has 0 saturated heterocycles. The van der Waals surface area contributed by atoms with Crippen LogP contribution in [-0.4, -0.2) is 15.9 Å². The number of benzene rings is 1. The molecule has 0 unspecified atom stereocenters. The summed E-state index contributed by atoms with van der Waals surface area (Å²) >= 11 is 1.14. The second kappa shape index (κ2) is 5.34. The highest BCUT2D eigenvalue weighted by molar-refractivity contribution is 7.20. The van der Waals surface area contributed by atoms with E-state index in [0.29, 0.717) is 31.9 Å². The van der Waals surface area contributed by atoms with E-state index < -0.39 is 0 Å². The second-order valence-electron chi connectivity index (χ2n) is 4.89. The smallest absolute Gasteiger partial charge is 0.266 e. The molecule has 1 aromatic carbocycles. The van der Waals surface area contributed by atoms with Crippen molar-refractivity contribution in [1.82, 2.24) is 9.97 Å². The van der Waals surface area contributed by atoms with Gasteiger partial charge in [0.2, 0.25) is 0 Å². The molecular formula is C15H12FN3O2S. The van der Waals surface area contributed by atoms with Crippen LogP contribution in [0.25, 0.3) is 10.2 Å². The molecule has 0 aliphatic carbocycles. The summed E-state index contributed by atoms with van der Waals surface area (Å²) in [6, 6.07) is 4.49. The Kier molecular flexibility index (Phi) is 3.50. The minimum absolute atomic E-state index is 0.279. The number of carbonyl (C=O) groups excluding carboxylic acids is 1. The van der Waals surface area contributed by atoms with Crippen LogP contribution in [0.2, 0.25) is 0 Å². The summed E-state index contributed by atoms with van der Waals surface area (Å²) in [6.45, 7) is 3.34. The van der Waals surface area contributed by atoms with Crippen LogP contribution in [0.1, 0.15) is 20.8 Å². The summed E-state index contributed by atoms with van der Waals surface area (Å²) in [5.74, 6) is -0.771. The Bertz CT molecular complexity index is 946. The molecule has 5 nitrogen and oxygen atoms in total. The molecule has 0 bridgehead atoms. The molecule has 22 heavy (non-hydrogen) atoms. The molecule has 112 valence electrons.